The standard InChI is InChI=1S/C25H21N5O2/c1-32-19-13-11-17(12-14-19)24-20(16-30(29-24)18-7-3-2-4-8-18)25(31)26-15-23-27-21-9-5-6-10-22(21)28-23/h2-14,16H,15H2,1H3,(H,26,31)(H,27,28). The molecule has 0 aliphatic carbocycles. The van der Waals surface area contributed by atoms with Crippen molar-refractivity contribution in [3.63, 3.8) is 0 Å². The molecule has 5 rings (SSSR count). The molecule has 0 aliphatic heterocycles. The van der Waals surface area contributed by atoms with E-state index in [9.17, 15) is 4.79 Å². The Hall–Kier alpha value is -4.39. The molecule has 32 heavy (non-hydrogen) atoms. The van der Waals surface area contributed by atoms with Gasteiger partial charge in [0.15, 0.2) is 0 Å². The molecule has 0 aliphatic rings. The molecule has 158 valence electrons. The summed E-state index contributed by atoms with van der Waals surface area (Å²) in [6, 6.07) is 25.0. The van der Waals surface area contributed by atoms with Crippen LogP contribution in [0.25, 0.3) is 28.0 Å². The van der Waals surface area contributed by atoms with Crippen molar-refractivity contribution in [2.24, 2.45) is 0 Å². The molecule has 0 radical (unpaired) electrons. The van der Waals surface area contributed by atoms with Gasteiger partial charge in [-0.25, -0.2) is 9.67 Å². The van der Waals surface area contributed by atoms with E-state index < -0.39 is 0 Å². The summed E-state index contributed by atoms with van der Waals surface area (Å²) in [5.41, 5.74) is 4.59. The minimum Gasteiger partial charge on any atom is -0.497 e. The van der Waals surface area contributed by atoms with Crippen LogP contribution >= 0.6 is 0 Å². The van der Waals surface area contributed by atoms with E-state index in [0.717, 1.165) is 28.0 Å². The largest absolute Gasteiger partial charge is 0.497 e. The van der Waals surface area contributed by atoms with E-state index in [1.165, 1.54) is 0 Å². The zero-order chi connectivity index (χ0) is 21.9. The number of ether oxygens (including phenoxy) is 1. The molecule has 0 spiro atoms. The first-order chi connectivity index (χ1) is 15.7. The summed E-state index contributed by atoms with van der Waals surface area (Å²) < 4.78 is 6.97. The zero-order valence-electron chi connectivity index (χ0n) is 17.4. The third-order valence-electron chi connectivity index (χ3n) is 5.20. The number of imidazole rings is 1. The lowest BCUT2D eigenvalue weighted by atomic mass is 10.1. The second kappa shape index (κ2) is 8.39. The van der Waals surface area contributed by atoms with E-state index in [1.807, 2.05) is 78.9 Å². The van der Waals surface area contributed by atoms with Gasteiger partial charge in [0, 0.05) is 11.8 Å². The van der Waals surface area contributed by atoms with Crippen molar-refractivity contribution < 1.29 is 9.53 Å². The topological polar surface area (TPSA) is 84.8 Å². The van der Waals surface area contributed by atoms with Gasteiger partial charge in [-0.05, 0) is 48.5 Å². The zero-order valence-corrected chi connectivity index (χ0v) is 17.4. The van der Waals surface area contributed by atoms with Gasteiger partial charge in [-0.15, -0.1) is 0 Å². The lowest BCUT2D eigenvalue weighted by molar-refractivity contribution is 0.0950. The van der Waals surface area contributed by atoms with Crippen LogP contribution < -0.4 is 10.1 Å². The number of aromatic amines is 1. The monoisotopic (exact) mass is 423 g/mol. The number of methoxy groups -OCH3 is 1. The molecule has 5 aromatic rings. The molecule has 3 aromatic carbocycles. The van der Waals surface area contributed by atoms with Crippen molar-refractivity contribution in [1.82, 2.24) is 25.1 Å². The fourth-order valence-electron chi connectivity index (χ4n) is 3.56. The second-order valence-electron chi connectivity index (χ2n) is 7.28. The quantitative estimate of drug-likeness (QED) is 0.425. The Morgan fingerprint density at radius 1 is 1.00 bits per heavy atom. The van der Waals surface area contributed by atoms with Crippen LogP contribution in [0.4, 0.5) is 0 Å². The molecule has 0 unspecified atom stereocenters. The van der Waals surface area contributed by atoms with Crippen LogP contribution in [0.15, 0.2) is 85.1 Å². The Kier molecular flexibility index (Phi) is 5.13. The Morgan fingerprint density at radius 2 is 1.75 bits per heavy atom. The smallest absolute Gasteiger partial charge is 0.255 e. The van der Waals surface area contributed by atoms with Crippen LogP contribution in [0.3, 0.4) is 0 Å². The molecule has 0 atom stereocenters. The third kappa shape index (κ3) is 3.83. The van der Waals surface area contributed by atoms with Gasteiger partial charge in [-0.3, -0.25) is 4.79 Å². The van der Waals surface area contributed by atoms with Crippen molar-refractivity contribution in [1.29, 1.82) is 0 Å². The molecule has 1 amide bonds. The summed E-state index contributed by atoms with van der Waals surface area (Å²) in [4.78, 5) is 20.9. The molecular formula is C25H21N5O2. The van der Waals surface area contributed by atoms with E-state index in [4.69, 9.17) is 9.84 Å². The summed E-state index contributed by atoms with van der Waals surface area (Å²) in [5, 5.41) is 7.67. The van der Waals surface area contributed by atoms with Crippen LogP contribution in [0.1, 0.15) is 16.2 Å². The number of fused-ring (bicyclic) bond motifs is 1. The number of hydrogen-bond acceptors (Lipinski definition) is 4. The SMILES string of the molecule is COc1ccc(-c2nn(-c3ccccc3)cc2C(=O)NCc2nc3ccccc3[nH]2)cc1. The van der Waals surface area contributed by atoms with Gasteiger partial charge < -0.3 is 15.0 Å². The van der Waals surface area contributed by atoms with Gasteiger partial charge in [-0.2, -0.15) is 5.10 Å². The fraction of sp³-hybridized carbons (Fsp3) is 0.0800. The molecule has 0 fully saturated rings. The molecule has 0 saturated carbocycles. The van der Waals surface area contributed by atoms with E-state index in [0.29, 0.717) is 17.1 Å². The molecule has 0 saturated heterocycles. The highest BCUT2D eigenvalue weighted by molar-refractivity contribution is 6.00. The van der Waals surface area contributed by atoms with Gasteiger partial charge in [0.1, 0.15) is 17.3 Å². The summed E-state index contributed by atoms with van der Waals surface area (Å²) in [7, 11) is 1.62. The van der Waals surface area contributed by atoms with Crippen molar-refractivity contribution in [3.8, 4) is 22.7 Å². The van der Waals surface area contributed by atoms with Crippen LogP contribution in [0.5, 0.6) is 5.75 Å². The average molecular weight is 423 g/mol. The highest BCUT2D eigenvalue weighted by atomic mass is 16.5. The van der Waals surface area contributed by atoms with Crippen molar-refractivity contribution in [2.45, 2.75) is 6.54 Å². The summed E-state index contributed by atoms with van der Waals surface area (Å²) in [6.07, 6.45) is 1.75. The average Bonchev–Trinajstić information content (AvgIpc) is 3.48. The van der Waals surface area contributed by atoms with Crippen LogP contribution in [0.2, 0.25) is 0 Å². The first-order valence-electron chi connectivity index (χ1n) is 10.2. The maximum Gasteiger partial charge on any atom is 0.255 e. The molecule has 7 nitrogen and oxygen atoms in total. The number of aromatic nitrogens is 4. The Balaban J connectivity index is 1.46. The predicted molar refractivity (Wildman–Crippen MR) is 123 cm³/mol. The lowest BCUT2D eigenvalue weighted by Crippen LogP contribution is -2.23. The lowest BCUT2D eigenvalue weighted by Gasteiger charge is -2.05. The van der Waals surface area contributed by atoms with Gasteiger partial charge in [0.25, 0.3) is 5.91 Å². The highest BCUT2D eigenvalue weighted by Crippen LogP contribution is 2.26. The molecule has 7 heteroatoms. The number of rotatable bonds is 6. The minimum absolute atomic E-state index is 0.224. The highest BCUT2D eigenvalue weighted by Gasteiger charge is 2.19. The van der Waals surface area contributed by atoms with Crippen LogP contribution in [-0.2, 0) is 6.54 Å². The first kappa shape index (κ1) is 19.6. The Labute approximate surface area is 184 Å². The fourth-order valence-corrected chi connectivity index (χ4v) is 3.56. The van der Waals surface area contributed by atoms with Crippen LogP contribution in [0, 0.1) is 0 Å². The van der Waals surface area contributed by atoms with E-state index in [2.05, 4.69) is 15.3 Å². The number of hydrogen-bond donors (Lipinski definition) is 2. The number of carbonyl (C=O) groups excluding carboxylic acids is 1. The predicted octanol–water partition coefficient (Wildman–Crippen LogP) is 4.35. The maximum absolute atomic E-state index is 13.2. The normalized spacial score (nSPS) is 10.9. The number of nitrogens with one attached hydrogen (secondary N) is 2. The second-order valence-corrected chi connectivity index (χ2v) is 7.28. The molecule has 2 aromatic heterocycles. The van der Waals surface area contributed by atoms with Crippen molar-refractivity contribution in [2.75, 3.05) is 7.11 Å². The van der Waals surface area contributed by atoms with Crippen molar-refractivity contribution >= 4 is 16.9 Å². The van der Waals surface area contributed by atoms with Crippen LogP contribution in [-0.4, -0.2) is 32.8 Å². The minimum atomic E-state index is -0.224. The van der Waals surface area contributed by atoms with Gasteiger partial charge in [0.05, 0.1) is 35.9 Å². The number of para-hydroxylation sites is 3. The van der Waals surface area contributed by atoms with E-state index in [1.54, 1.807) is 18.0 Å². The maximum atomic E-state index is 13.2. The number of carbonyl (C=O) groups is 1. The summed E-state index contributed by atoms with van der Waals surface area (Å²) in [6.45, 7) is 0.284. The first-order valence-corrected chi connectivity index (χ1v) is 10.2. The Morgan fingerprint density at radius 3 is 2.50 bits per heavy atom. The van der Waals surface area contributed by atoms with E-state index >= 15 is 0 Å². The van der Waals surface area contributed by atoms with E-state index in [-0.39, 0.29) is 12.5 Å². The van der Waals surface area contributed by atoms with Crippen molar-refractivity contribution in [3.05, 3.63) is 96.4 Å². The van der Waals surface area contributed by atoms with Gasteiger partial charge >= 0.3 is 0 Å². The summed E-state index contributed by atoms with van der Waals surface area (Å²) >= 11 is 0. The van der Waals surface area contributed by atoms with Gasteiger partial charge in [-0.1, -0.05) is 30.3 Å². The third-order valence-corrected chi connectivity index (χ3v) is 5.20. The molecule has 2 N–H and O–H groups in total. The summed E-state index contributed by atoms with van der Waals surface area (Å²) in [5.74, 6) is 1.21. The number of nitrogens with zero attached hydrogens (tertiary/aromatic N) is 3. The Bertz CT molecular complexity index is 1340. The number of H-pyrrole nitrogens is 1. The number of amides is 1. The number of benzene rings is 3. The molecule has 2 heterocycles. The molecular weight excluding hydrogens is 402 g/mol. The van der Waals surface area contributed by atoms with Gasteiger partial charge in [0.2, 0.25) is 0 Å². The molecule has 0 bridgehead atoms.